The Morgan fingerprint density at radius 3 is 2.62 bits per heavy atom. The molecule has 0 aliphatic heterocycles. The minimum absolute atomic E-state index is 0.0782. The van der Waals surface area contributed by atoms with Crippen LogP contribution >= 0.6 is 0 Å². The first-order valence-corrected chi connectivity index (χ1v) is 3.85. The molecule has 0 aromatic heterocycles. The third-order valence-corrected chi connectivity index (χ3v) is 1.69. The Bertz CT molecular complexity index is 276. The number of phenols is 1. The SMILES string of the molecule is COc1c(O)cc(CCO)cc1F. The number of aliphatic hydroxyl groups excluding tert-OH is 1. The maximum Gasteiger partial charge on any atom is 0.196 e. The molecule has 0 unspecified atom stereocenters. The summed E-state index contributed by atoms with van der Waals surface area (Å²) in [6.45, 7) is -0.0782. The highest BCUT2D eigenvalue weighted by atomic mass is 19.1. The molecular formula is C9H11FO3. The van der Waals surface area contributed by atoms with E-state index in [1.807, 2.05) is 0 Å². The molecule has 2 N–H and O–H groups in total. The van der Waals surface area contributed by atoms with Gasteiger partial charge in [-0.05, 0) is 24.1 Å². The number of hydrogen-bond donors (Lipinski definition) is 2. The van der Waals surface area contributed by atoms with E-state index in [-0.39, 0.29) is 18.1 Å². The topological polar surface area (TPSA) is 49.7 Å². The molecule has 0 atom stereocenters. The molecule has 0 heterocycles. The van der Waals surface area contributed by atoms with Crippen LogP contribution in [0.1, 0.15) is 5.56 Å². The fourth-order valence-electron chi connectivity index (χ4n) is 1.11. The highest BCUT2D eigenvalue weighted by Crippen LogP contribution is 2.30. The van der Waals surface area contributed by atoms with Crippen molar-refractivity contribution in [3.63, 3.8) is 0 Å². The van der Waals surface area contributed by atoms with Gasteiger partial charge in [-0.15, -0.1) is 0 Å². The summed E-state index contributed by atoms with van der Waals surface area (Å²) in [6.07, 6.45) is 0.314. The molecule has 0 radical (unpaired) electrons. The van der Waals surface area contributed by atoms with Crippen LogP contribution in [0.5, 0.6) is 11.5 Å². The van der Waals surface area contributed by atoms with Crippen LogP contribution in [-0.4, -0.2) is 23.9 Å². The minimum atomic E-state index is -0.619. The smallest absolute Gasteiger partial charge is 0.196 e. The fourth-order valence-corrected chi connectivity index (χ4v) is 1.11. The minimum Gasteiger partial charge on any atom is -0.504 e. The zero-order valence-electron chi connectivity index (χ0n) is 7.25. The van der Waals surface area contributed by atoms with Crippen molar-refractivity contribution >= 4 is 0 Å². The van der Waals surface area contributed by atoms with E-state index in [0.717, 1.165) is 0 Å². The number of phenolic OH excluding ortho intramolecular Hbond substituents is 1. The summed E-state index contributed by atoms with van der Waals surface area (Å²) in [5.74, 6) is -1.03. The quantitative estimate of drug-likeness (QED) is 0.742. The second kappa shape index (κ2) is 4.09. The van der Waals surface area contributed by atoms with Crippen LogP contribution in [0.2, 0.25) is 0 Å². The third kappa shape index (κ3) is 2.09. The molecule has 0 saturated carbocycles. The van der Waals surface area contributed by atoms with Crippen molar-refractivity contribution in [3.8, 4) is 11.5 Å². The summed E-state index contributed by atoms with van der Waals surface area (Å²) < 4.78 is 17.7. The molecule has 0 fully saturated rings. The molecule has 1 aromatic carbocycles. The summed E-state index contributed by atoms with van der Waals surface area (Å²) in [7, 11) is 1.28. The van der Waals surface area contributed by atoms with E-state index in [4.69, 9.17) is 5.11 Å². The van der Waals surface area contributed by atoms with E-state index in [9.17, 15) is 9.50 Å². The molecule has 0 amide bonds. The highest BCUT2D eigenvalue weighted by Gasteiger charge is 2.09. The van der Waals surface area contributed by atoms with Crippen molar-refractivity contribution < 1.29 is 19.3 Å². The van der Waals surface area contributed by atoms with Crippen molar-refractivity contribution in [2.45, 2.75) is 6.42 Å². The van der Waals surface area contributed by atoms with E-state index in [2.05, 4.69) is 4.74 Å². The van der Waals surface area contributed by atoms with Crippen molar-refractivity contribution in [1.29, 1.82) is 0 Å². The molecule has 72 valence electrons. The van der Waals surface area contributed by atoms with Crippen LogP contribution in [0.3, 0.4) is 0 Å². The second-order valence-electron chi connectivity index (χ2n) is 2.60. The summed E-state index contributed by atoms with van der Waals surface area (Å²) in [5, 5.41) is 17.8. The average Bonchev–Trinajstić information content (AvgIpc) is 2.04. The molecule has 0 aliphatic carbocycles. The van der Waals surface area contributed by atoms with Crippen LogP contribution in [0.4, 0.5) is 4.39 Å². The number of methoxy groups -OCH3 is 1. The van der Waals surface area contributed by atoms with Crippen molar-refractivity contribution in [2.75, 3.05) is 13.7 Å². The number of benzene rings is 1. The normalized spacial score (nSPS) is 10.1. The molecule has 0 aliphatic rings. The van der Waals surface area contributed by atoms with Gasteiger partial charge in [0.2, 0.25) is 0 Å². The van der Waals surface area contributed by atoms with Crippen molar-refractivity contribution in [3.05, 3.63) is 23.5 Å². The lowest BCUT2D eigenvalue weighted by Crippen LogP contribution is -1.94. The van der Waals surface area contributed by atoms with Gasteiger partial charge in [-0.25, -0.2) is 4.39 Å². The van der Waals surface area contributed by atoms with E-state index in [1.165, 1.54) is 19.2 Å². The molecule has 1 rings (SSSR count). The number of ether oxygens (including phenoxy) is 1. The largest absolute Gasteiger partial charge is 0.504 e. The Morgan fingerprint density at radius 1 is 1.46 bits per heavy atom. The van der Waals surface area contributed by atoms with Crippen molar-refractivity contribution in [1.82, 2.24) is 0 Å². The number of halogens is 1. The maximum absolute atomic E-state index is 13.1. The molecule has 0 bridgehead atoms. The van der Waals surface area contributed by atoms with Gasteiger partial charge >= 0.3 is 0 Å². The Morgan fingerprint density at radius 2 is 2.15 bits per heavy atom. The summed E-state index contributed by atoms with van der Waals surface area (Å²) in [4.78, 5) is 0. The van der Waals surface area contributed by atoms with Gasteiger partial charge in [-0.2, -0.15) is 0 Å². The first-order valence-electron chi connectivity index (χ1n) is 3.85. The van der Waals surface area contributed by atoms with Gasteiger partial charge in [-0.3, -0.25) is 0 Å². The molecular weight excluding hydrogens is 175 g/mol. The third-order valence-electron chi connectivity index (χ3n) is 1.69. The van der Waals surface area contributed by atoms with Gasteiger partial charge in [0.05, 0.1) is 7.11 Å². The number of aromatic hydroxyl groups is 1. The van der Waals surface area contributed by atoms with Crippen LogP contribution in [-0.2, 0) is 6.42 Å². The van der Waals surface area contributed by atoms with Crippen LogP contribution in [0.15, 0.2) is 12.1 Å². The van der Waals surface area contributed by atoms with Gasteiger partial charge in [0, 0.05) is 6.61 Å². The second-order valence-corrected chi connectivity index (χ2v) is 2.60. The van der Waals surface area contributed by atoms with Gasteiger partial charge in [0.15, 0.2) is 17.3 Å². The summed E-state index contributed by atoms with van der Waals surface area (Å²) in [5.41, 5.74) is 0.540. The monoisotopic (exact) mass is 186 g/mol. The molecule has 1 aromatic rings. The van der Waals surface area contributed by atoms with Crippen molar-refractivity contribution in [2.24, 2.45) is 0 Å². The number of hydrogen-bond acceptors (Lipinski definition) is 3. The van der Waals surface area contributed by atoms with Gasteiger partial charge in [0.1, 0.15) is 0 Å². The molecule has 0 saturated heterocycles. The first kappa shape index (κ1) is 9.80. The standard InChI is InChI=1S/C9H11FO3/c1-13-9-7(10)4-6(2-3-11)5-8(9)12/h4-5,11-12H,2-3H2,1H3. The molecule has 3 nitrogen and oxygen atoms in total. The lowest BCUT2D eigenvalue weighted by Gasteiger charge is -2.06. The Hall–Kier alpha value is -1.29. The van der Waals surface area contributed by atoms with E-state index in [1.54, 1.807) is 0 Å². The van der Waals surface area contributed by atoms with Crippen LogP contribution in [0, 0.1) is 5.82 Å². The Kier molecular flexibility index (Phi) is 3.08. The van der Waals surface area contributed by atoms with Crippen LogP contribution < -0.4 is 4.74 Å². The summed E-state index contributed by atoms with van der Waals surface area (Å²) in [6, 6.07) is 2.60. The van der Waals surface area contributed by atoms with E-state index < -0.39 is 5.82 Å². The maximum atomic E-state index is 13.1. The first-order chi connectivity index (χ1) is 6.19. The Balaban J connectivity index is 3.05. The Labute approximate surface area is 75.4 Å². The number of aliphatic hydroxyl groups is 1. The van der Waals surface area contributed by atoms with E-state index >= 15 is 0 Å². The molecule has 4 heteroatoms. The van der Waals surface area contributed by atoms with Gasteiger partial charge in [0.25, 0.3) is 0 Å². The predicted molar refractivity (Wildman–Crippen MR) is 45.4 cm³/mol. The summed E-state index contributed by atoms with van der Waals surface area (Å²) >= 11 is 0. The number of rotatable bonds is 3. The highest BCUT2D eigenvalue weighted by molar-refractivity contribution is 5.43. The molecule has 0 spiro atoms. The predicted octanol–water partition coefficient (Wildman–Crippen LogP) is 1.07. The lowest BCUT2D eigenvalue weighted by atomic mass is 10.1. The van der Waals surface area contributed by atoms with E-state index in [0.29, 0.717) is 12.0 Å². The zero-order chi connectivity index (χ0) is 9.84. The van der Waals surface area contributed by atoms with Gasteiger partial charge < -0.3 is 14.9 Å². The lowest BCUT2D eigenvalue weighted by molar-refractivity contribution is 0.298. The molecule has 13 heavy (non-hydrogen) atoms. The zero-order valence-corrected chi connectivity index (χ0v) is 7.25. The fraction of sp³-hybridized carbons (Fsp3) is 0.333. The van der Waals surface area contributed by atoms with Gasteiger partial charge in [-0.1, -0.05) is 0 Å². The average molecular weight is 186 g/mol. The van der Waals surface area contributed by atoms with Crippen LogP contribution in [0.25, 0.3) is 0 Å².